The molecule has 1 aromatic heterocycles. The summed E-state index contributed by atoms with van der Waals surface area (Å²) in [6.07, 6.45) is 1.77. The maximum atomic E-state index is 11.9. The number of aromatic nitrogens is 3. The monoisotopic (exact) mass is 226 g/mol. The van der Waals surface area contributed by atoms with E-state index in [1.54, 1.807) is 0 Å². The summed E-state index contributed by atoms with van der Waals surface area (Å²) in [6, 6.07) is 0. The number of ether oxygens (including phenoxy) is 1. The fraction of sp³-hybridized carbons (Fsp3) is 0.700. The third kappa shape index (κ3) is 3.52. The molecule has 0 bridgehead atoms. The van der Waals surface area contributed by atoms with Crippen LogP contribution in [-0.2, 0) is 4.74 Å². The molecule has 1 amide bonds. The lowest BCUT2D eigenvalue weighted by Crippen LogP contribution is -2.38. The van der Waals surface area contributed by atoms with Crippen LogP contribution in [0.3, 0.4) is 0 Å². The standard InChI is InChI=1S/C10H18N4O2/c1-5-6-14(8-11-7-12-13-8)9(15)16-10(2,3)4/h7H,5-6H2,1-4H3,(H,11,12,13). The highest BCUT2D eigenvalue weighted by molar-refractivity contribution is 5.85. The fourth-order valence-electron chi connectivity index (χ4n) is 1.15. The van der Waals surface area contributed by atoms with E-state index in [4.69, 9.17) is 4.74 Å². The second kappa shape index (κ2) is 4.96. The van der Waals surface area contributed by atoms with Crippen LogP contribution in [0.5, 0.6) is 0 Å². The second-order valence-corrected chi connectivity index (χ2v) is 4.44. The molecule has 0 unspecified atom stereocenters. The fourth-order valence-corrected chi connectivity index (χ4v) is 1.15. The molecular formula is C10H18N4O2. The Labute approximate surface area is 95.0 Å². The Kier molecular flexibility index (Phi) is 3.87. The molecule has 0 radical (unpaired) electrons. The normalized spacial score (nSPS) is 11.2. The molecule has 6 heteroatoms. The number of nitrogens with one attached hydrogen (secondary N) is 1. The summed E-state index contributed by atoms with van der Waals surface area (Å²) in [7, 11) is 0. The lowest BCUT2D eigenvalue weighted by atomic mass is 10.2. The van der Waals surface area contributed by atoms with Gasteiger partial charge in [0.2, 0.25) is 5.95 Å². The highest BCUT2D eigenvalue weighted by Crippen LogP contribution is 2.13. The van der Waals surface area contributed by atoms with Crippen molar-refractivity contribution < 1.29 is 9.53 Å². The molecule has 1 heterocycles. The first-order valence-corrected chi connectivity index (χ1v) is 5.30. The van der Waals surface area contributed by atoms with Gasteiger partial charge < -0.3 is 4.74 Å². The summed E-state index contributed by atoms with van der Waals surface area (Å²) in [6.45, 7) is 8.01. The number of hydrogen-bond donors (Lipinski definition) is 1. The van der Waals surface area contributed by atoms with Crippen molar-refractivity contribution in [1.29, 1.82) is 0 Å². The van der Waals surface area contributed by atoms with Gasteiger partial charge in [-0.05, 0) is 27.2 Å². The van der Waals surface area contributed by atoms with E-state index in [0.717, 1.165) is 6.42 Å². The van der Waals surface area contributed by atoms with Gasteiger partial charge in [0.15, 0.2) is 0 Å². The summed E-state index contributed by atoms with van der Waals surface area (Å²) >= 11 is 0. The van der Waals surface area contributed by atoms with Crippen molar-refractivity contribution in [3.8, 4) is 0 Å². The molecule has 0 atom stereocenters. The topological polar surface area (TPSA) is 71.1 Å². The van der Waals surface area contributed by atoms with Crippen LogP contribution in [0.2, 0.25) is 0 Å². The molecule has 0 aliphatic heterocycles. The number of H-pyrrole nitrogens is 1. The number of rotatable bonds is 3. The van der Waals surface area contributed by atoms with Crippen LogP contribution in [0.25, 0.3) is 0 Å². The number of aromatic amines is 1. The van der Waals surface area contributed by atoms with Crippen molar-refractivity contribution in [2.75, 3.05) is 11.4 Å². The van der Waals surface area contributed by atoms with Gasteiger partial charge in [0, 0.05) is 6.54 Å². The van der Waals surface area contributed by atoms with Gasteiger partial charge in [-0.25, -0.2) is 14.8 Å². The lowest BCUT2D eigenvalue weighted by Gasteiger charge is -2.25. The summed E-state index contributed by atoms with van der Waals surface area (Å²) in [5, 5.41) is 6.37. The minimum atomic E-state index is -0.511. The number of carbonyl (C=O) groups excluding carboxylic acids is 1. The zero-order valence-corrected chi connectivity index (χ0v) is 10.1. The van der Waals surface area contributed by atoms with Crippen molar-refractivity contribution >= 4 is 12.0 Å². The van der Waals surface area contributed by atoms with E-state index in [1.807, 2.05) is 27.7 Å². The van der Waals surface area contributed by atoms with Crippen molar-refractivity contribution in [2.45, 2.75) is 39.7 Å². The summed E-state index contributed by atoms with van der Waals surface area (Å²) < 4.78 is 5.28. The third-order valence-electron chi connectivity index (χ3n) is 1.72. The van der Waals surface area contributed by atoms with Crippen LogP contribution in [0, 0.1) is 0 Å². The van der Waals surface area contributed by atoms with Crippen molar-refractivity contribution in [3.63, 3.8) is 0 Å². The van der Waals surface area contributed by atoms with Gasteiger partial charge in [-0.3, -0.25) is 0 Å². The Bertz CT molecular complexity index is 329. The van der Waals surface area contributed by atoms with E-state index >= 15 is 0 Å². The first-order chi connectivity index (χ1) is 7.44. The van der Waals surface area contributed by atoms with Crippen LogP contribution in [-0.4, -0.2) is 33.4 Å². The highest BCUT2D eigenvalue weighted by Gasteiger charge is 2.24. The van der Waals surface area contributed by atoms with Crippen LogP contribution < -0.4 is 4.90 Å². The van der Waals surface area contributed by atoms with Crippen molar-refractivity contribution in [1.82, 2.24) is 15.2 Å². The maximum absolute atomic E-state index is 11.9. The van der Waals surface area contributed by atoms with Crippen LogP contribution in [0.4, 0.5) is 10.7 Å². The molecule has 16 heavy (non-hydrogen) atoms. The molecule has 0 saturated heterocycles. The summed E-state index contributed by atoms with van der Waals surface area (Å²) in [4.78, 5) is 17.3. The van der Waals surface area contributed by atoms with Gasteiger partial charge in [-0.15, -0.1) is 0 Å². The quantitative estimate of drug-likeness (QED) is 0.855. The minimum absolute atomic E-state index is 0.411. The second-order valence-electron chi connectivity index (χ2n) is 4.44. The third-order valence-corrected chi connectivity index (χ3v) is 1.72. The van der Waals surface area contributed by atoms with Crippen LogP contribution in [0.1, 0.15) is 34.1 Å². The Morgan fingerprint density at radius 3 is 2.69 bits per heavy atom. The van der Waals surface area contributed by atoms with Crippen LogP contribution in [0.15, 0.2) is 6.33 Å². The summed E-state index contributed by atoms with van der Waals surface area (Å²) in [5.41, 5.74) is -0.511. The van der Waals surface area contributed by atoms with Gasteiger partial charge in [0.1, 0.15) is 11.9 Å². The van der Waals surface area contributed by atoms with E-state index in [1.165, 1.54) is 11.2 Å². The first-order valence-electron chi connectivity index (χ1n) is 5.30. The Morgan fingerprint density at radius 2 is 2.25 bits per heavy atom. The molecule has 90 valence electrons. The zero-order chi connectivity index (χ0) is 12.2. The Morgan fingerprint density at radius 1 is 1.56 bits per heavy atom. The minimum Gasteiger partial charge on any atom is -0.443 e. The molecule has 1 N–H and O–H groups in total. The first kappa shape index (κ1) is 12.5. The van der Waals surface area contributed by atoms with Crippen molar-refractivity contribution in [3.05, 3.63) is 6.33 Å². The SMILES string of the molecule is CCCN(C(=O)OC(C)(C)C)c1ncn[nH]1. The van der Waals surface area contributed by atoms with Gasteiger partial charge >= 0.3 is 6.09 Å². The van der Waals surface area contributed by atoms with Crippen LogP contribution >= 0.6 is 0 Å². The molecular weight excluding hydrogens is 208 g/mol. The van der Waals surface area contributed by atoms with Gasteiger partial charge in [0.25, 0.3) is 0 Å². The Balaban J connectivity index is 2.75. The number of hydrogen-bond acceptors (Lipinski definition) is 4. The smallest absolute Gasteiger partial charge is 0.417 e. The Hall–Kier alpha value is -1.59. The van der Waals surface area contributed by atoms with E-state index in [0.29, 0.717) is 12.5 Å². The largest absolute Gasteiger partial charge is 0.443 e. The highest BCUT2D eigenvalue weighted by atomic mass is 16.6. The molecule has 6 nitrogen and oxygen atoms in total. The molecule has 0 fully saturated rings. The van der Waals surface area contributed by atoms with Crippen molar-refractivity contribution in [2.24, 2.45) is 0 Å². The molecule has 0 spiro atoms. The zero-order valence-electron chi connectivity index (χ0n) is 10.1. The number of amides is 1. The predicted octanol–water partition coefficient (Wildman–Crippen LogP) is 1.96. The maximum Gasteiger partial charge on any atom is 0.417 e. The van der Waals surface area contributed by atoms with E-state index < -0.39 is 11.7 Å². The predicted molar refractivity (Wildman–Crippen MR) is 60.3 cm³/mol. The van der Waals surface area contributed by atoms with Gasteiger partial charge in [-0.1, -0.05) is 6.92 Å². The average molecular weight is 226 g/mol. The molecule has 0 aromatic carbocycles. The molecule has 0 saturated carbocycles. The molecule has 1 aromatic rings. The molecule has 0 aliphatic carbocycles. The van der Waals surface area contributed by atoms with E-state index in [-0.39, 0.29) is 0 Å². The van der Waals surface area contributed by atoms with Gasteiger partial charge in [-0.2, -0.15) is 10.1 Å². The van der Waals surface area contributed by atoms with E-state index in [2.05, 4.69) is 15.2 Å². The number of nitrogens with zero attached hydrogens (tertiary/aromatic N) is 3. The number of anilines is 1. The number of carbonyl (C=O) groups is 1. The van der Waals surface area contributed by atoms with E-state index in [9.17, 15) is 4.79 Å². The average Bonchev–Trinajstić information content (AvgIpc) is 2.63. The molecule has 1 rings (SSSR count). The lowest BCUT2D eigenvalue weighted by molar-refractivity contribution is 0.0578. The van der Waals surface area contributed by atoms with Gasteiger partial charge in [0.05, 0.1) is 0 Å². The molecule has 0 aliphatic rings. The summed E-state index contributed by atoms with van der Waals surface area (Å²) in [5.74, 6) is 0.413.